The quantitative estimate of drug-likeness (QED) is 0.945. The molecule has 2 rings (SSSR count). The Hall–Kier alpha value is -2.07. The molecule has 1 aromatic carbocycles. The standard InChI is InChI=1S/C15H15ClN2O2/c1-10(11-6-8-12(16)9-7-11)18(2)15(20)13-4-3-5-14(19)17-13/h3-10H,1-2H3,(H,17,19). The molecule has 1 aromatic heterocycles. The Labute approximate surface area is 122 Å². The van der Waals surface area contributed by atoms with Gasteiger partial charge in [0.15, 0.2) is 0 Å². The molecule has 5 heteroatoms. The fourth-order valence-electron chi connectivity index (χ4n) is 1.90. The molecule has 0 aliphatic heterocycles. The monoisotopic (exact) mass is 290 g/mol. The molecule has 20 heavy (non-hydrogen) atoms. The van der Waals surface area contributed by atoms with Gasteiger partial charge in [0.05, 0.1) is 6.04 Å². The van der Waals surface area contributed by atoms with Crippen molar-refractivity contribution in [1.82, 2.24) is 9.88 Å². The molecule has 1 N–H and O–H groups in total. The average molecular weight is 291 g/mol. The molecule has 0 aliphatic rings. The normalized spacial score (nSPS) is 11.9. The maximum Gasteiger partial charge on any atom is 0.270 e. The van der Waals surface area contributed by atoms with Gasteiger partial charge in [-0.2, -0.15) is 0 Å². The summed E-state index contributed by atoms with van der Waals surface area (Å²) in [6.45, 7) is 1.92. The molecule has 0 radical (unpaired) electrons. The van der Waals surface area contributed by atoms with Gasteiger partial charge in [-0.3, -0.25) is 9.59 Å². The number of nitrogens with zero attached hydrogens (tertiary/aromatic N) is 1. The topological polar surface area (TPSA) is 53.2 Å². The number of carbonyl (C=O) groups is 1. The molecule has 2 aromatic rings. The van der Waals surface area contributed by atoms with Crippen molar-refractivity contribution in [2.75, 3.05) is 7.05 Å². The van der Waals surface area contributed by atoms with Crippen molar-refractivity contribution in [1.29, 1.82) is 0 Å². The zero-order chi connectivity index (χ0) is 14.7. The molecule has 0 fully saturated rings. The van der Waals surface area contributed by atoms with E-state index in [9.17, 15) is 9.59 Å². The van der Waals surface area contributed by atoms with Crippen LogP contribution >= 0.6 is 11.6 Å². The number of aromatic amines is 1. The third-order valence-electron chi connectivity index (χ3n) is 3.25. The second-order valence-electron chi connectivity index (χ2n) is 4.57. The number of amides is 1. The summed E-state index contributed by atoms with van der Waals surface area (Å²) in [5.41, 5.74) is 0.965. The van der Waals surface area contributed by atoms with E-state index in [2.05, 4.69) is 4.98 Å². The van der Waals surface area contributed by atoms with Gasteiger partial charge in [0.2, 0.25) is 5.56 Å². The van der Waals surface area contributed by atoms with Gasteiger partial charge in [-0.25, -0.2) is 0 Å². The fourth-order valence-corrected chi connectivity index (χ4v) is 2.03. The van der Waals surface area contributed by atoms with E-state index in [1.165, 1.54) is 6.07 Å². The van der Waals surface area contributed by atoms with Crippen LogP contribution in [0.1, 0.15) is 29.0 Å². The summed E-state index contributed by atoms with van der Waals surface area (Å²) in [5, 5.41) is 0.655. The van der Waals surface area contributed by atoms with Crippen molar-refractivity contribution in [3.8, 4) is 0 Å². The largest absolute Gasteiger partial charge is 0.334 e. The van der Waals surface area contributed by atoms with E-state index in [0.717, 1.165) is 5.56 Å². The van der Waals surface area contributed by atoms with Crippen molar-refractivity contribution >= 4 is 17.5 Å². The van der Waals surface area contributed by atoms with Crippen molar-refractivity contribution in [3.63, 3.8) is 0 Å². The third kappa shape index (κ3) is 3.08. The van der Waals surface area contributed by atoms with E-state index in [0.29, 0.717) is 5.02 Å². The van der Waals surface area contributed by atoms with Gasteiger partial charge < -0.3 is 9.88 Å². The van der Waals surface area contributed by atoms with Crippen LogP contribution < -0.4 is 5.56 Å². The van der Waals surface area contributed by atoms with Crippen molar-refractivity contribution in [2.24, 2.45) is 0 Å². The molecule has 4 nitrogen and oxygen atoms in total. The van der Waals surface area contributed by atoms with Gasteiger partial charge in [-0.1, -0.05) is 29.8 Å². The highest BCUT2D eigenvalue weighted by Crippen LogP contribution is 2.21. The van der Waals surface area contributed by atoms with Gasteiger partial charge in [0, 0.05) is 18.1 Å². The summed E-state index contributed by atoms with van der Waals surface area (Å²) < 4.78 is 0. The lowest BCUT2D eigenvalue weighted by Crippen LogP contribution is -2.31. The highest BCUT2D eigenvalue weighted by atomic mass is 35.5. The van der Waals surface area contributed by atoms with Gasteiger partial charge in [-0.15, -0.1) is 0 Å². The molecular weight excluding hydrogens is 276 g/mol. The summed E-state index contributed by atoms with van der Waals surface area (Å²) in [7, 11) is 1.70. The lowest BCUT2D eigenvalue weighted by atomic mass is 10.1. The molecule has 104 valence electrons. The first kappa shape index (κ1) is 14.3. The molecule has 1 amide bonds. The molecule has 1 unspecified atom stereocenters. The zero-order valence-electron chi connectivity index (χ0n) is 11.3. The molecular formula is C15H15ClN2O2. The first-order valence-corrected chi connectivity index (χ1v) is 6.59. The number of pyridine rings is 1. The van der Waals surface area contributed by atoms with Crippen molar-refractivity contribution in [2.45, 2.75) is 13.0 Å². The highest BCUT2D eigenvalue weighted by Gasteiger charge is 2.19. The van der Waals surface area contributed by atoms with Crippen LogP contribution in [0.2, 0.25) is 5.02 Å². The number of halogens is 1. The van der Waals surface area contributed by atoms with Gasteiger partial charge in [-0.05, 0) is 30.7 Å². The lowest BCUT2D eigenvalue weighted by molar-refractivity contribution is 0.0736. The second kappa shape index (κ2) is 5.92. The van der Waals surface area contributed by atoms with Crippen LogP contribution in [0.3, 0.4) is 0 Å². The second-order valence-corrected chi connectivity index (χ2v) is 5.01. The number of nitrogens with one attached hydrogen (secondary N) is 1. The smallest absolute Gasteiger partial charge is 0.270 e. The van der Waals surface area contributed by atoms with Crippen molar-refractivity contribution in [3.05, 3.63) is 69.1 Å². The predicted molar refractivity (Wildman–Crippen MR) is 79.0 cm³/mol. The third-order valence-corrected chi connectivity index (χ3v) is 3.50. The Kier molecular flexibility index (Phi) is 4.25. The number of hydrogen-bond donors (Lipinski definition) is 1. The first-order valence-electron chi connectivity index (χ1n) is 6.21. The minimum Gasteiger partial charge on any atom is -0.334 e. The van der Waals surface area contributed by atoms with Gasteiger partial charge in [0.25, 0.3) is 5.91 Å². The minimum atomic E-state index is -0.289. The molecule has 0 saturated carbocycles. The molecule has 0 spiro atoms. The van der Waals surface area contributed by atoms with Crippen LogP contribution in [-0.4, -0.2) is 22.8 Å². The van der Waals surface area contributed by atoms with Crippen LogP contribution in [0.4, 0.5) is 0 Å². The van der Waals surface area contributed by atoms with Gasteiger partial charge >= 0.3 is 0 Å². The molecule has 0 aliphatic carbocycles. The molecule has 0 saturated heterocycles. The number of carbonyl (C=O) groups excluding carboxylic acids is 1. The first-order chi connectivity index (χ1) is 9.49. The number of benzene rings is 1. The number of H-pyrrole nitrogens is 1. The Balaban J connectivity index is 2.22. The van der Waals surface area contributed by atoms with E-state index in [-0.39, 0.29) is 23.2 Å². The zero-order valence-corrected chi connectivity index (χ0v) is 12.0. The molecule has 0 bridgehead atoms. The maximum absolute atomic E-state index is 12.3. The lowest BCUT2D eigenvalue weighted by Gasteiger charge is -2.25. The Morgan fingerprint density at radius 1 is 1.20 bits per heavy atom. The van der Waals surface area contributed by atoms with Crippen LogP contribution in [0.5, 0.6) is 0 Å². The van der Waals surface area contributed by atoms with E-state index in [1.807, 2.05) is 19.1 Å². The number of rotatable bonds is 3. The Morgan fingerprint density at radius 2 is 1.85 bits per heavy atom. The Bertz CT molecular complexity index is 664. The van der Waals surface area contributed by atoms with Crippen LogP contribution in [0.15, 0.2) is 47.3 Å². The van der Waals surface area contributed by atoms with Crippen LogP contribution in [0, 0.1) is 0 Å². The fraction of sp³-hybridized carbons (Fsp3) is 0.200. The van der Waals surface area contributed by atoms with E-state index >= 15 is 0 Å². The SMILES string of the molecule is CC(c1ccc(Cl)cc1)N(C)C(=O)c1cccc(=O)[nH]1. The van der Waals surface area contributed by atoms with Crippen LogP contribution in [-0.2, 0) is 0 Å². The van der Waals surface area contributed by atoms with E-state index < -0.39 is 0 Å². The summed E-state index contributed by atoms with van der Waals surface area (Å²) >= 11 is 5.85. The minimum absolute atomic E-state index is 0.122. The number of aromatic nitrogens is 1. The maximum atomic E-state index is 12.3. The summed E-state index contributed by atoms with van der Waals surface area (Å²) in [6, 6.07) is 11.7. The highest BCUT2D eigenvalue weighted by molar-refractivity contribution is 6.30. The predicted octanol–water partition coefficient (Wildman–Crippen LogP) is 2.86. The summed E-state index contributed by atoms with van der Waals surface area (Å²) in [4.78, 5) is 27.7. The number of hydrogen-bond acceptors (Lipinski definition) is 2. The average Bonchev–Trinajstić information content (AvgIpc) is 2.46. The van der Waals surface area contributed by atoms with E-state index in [4.69, 9.17) is 11.6 Å². The molecule has 1 atom stereocenters. The van der Waals surface area contributed by atoms with E-state index in [1.54, 1.807) is 36.2 Å². The van der Waals surface area contributed by atoms with Crippen molar-refractivity contribution < 1.29 is 4.79 Å². The summed E-state index contributed by atoms with van der Waals surface area (Å²) in [5.74, 6) is -0.231. The molecule has 1 heterocycles. The summed E-state index contributed by atoms with van der Waals surface area (Å²) in [6.07, 6.45) is 0. The Morgan fingerprint density at radius 3 is 2.45 bits per heavy atom. The van der Waals surface area contributed by atoms with Crippen LogP contribution in [0.25, 0.3) is 0 Å². The van der Waals surface area contributed by atoms with Gasteiger partial charge in [0.1, 0.15) is 5.69 Å².